The summed E-state index contributed by atoms with van der Waals surface area (Å²) in [5.41, 5.74) is 1.77. The van der Waals surface area contributed by atoms with E-state index in [0.717, 1.165) is 48.3 Å². The molecule has 29 heavy (non-hydrogen) atoms. The number of hydrogen-bond acceptors (Lipinski definition) is 5. The van der Waals surface area contributed by atoms with Gasteiger partial charge in [-0.15, -0.1) is 0 Å². The van der Waals surface area contributed by atoms with Crippen molar-refractivity contribution in [3.05, 3.63) is 54.5 Å². The molecule has 3 heterocycles. The second kappa shape index (κ2) is 8.86. The standard InChI is InChI=1S/C22H25N5O2/c28-18(13-24-20(29)12-16-5-2-1-3-6-16)11-17-7-4-10-27(14-17)22-19-8-9-23-21(19)25-15-26-22/h1-3,5-6,8-9,15,17H,4,7,10-14H2,(H,24,29)(H,23,25,26). The van der Waals surface area contributed by atoms with Crippen LogP contribution in [0.15, 0.2) is 48.9 Å². The third-order valence-electron chi connectivity index (χ3n) is 5.36. The van der Waals surface area contributed by atoms with E-state index in [1.807, 2.05) is 42.6 Å². The van der Waals surface area contributed by atoms with Gasteiger partial charge in [-0.2, -0.15) is 0 Å². The van der Waals surface area contributed by atoms with Gasteiger partial charge in [0.05, 0.1) is 18.4 Å². The van der Waals surface area contributed by atoms with E-state index in [0.29, 0.717) is 12.8 Å². The first-order valence-electron chi connectivity index (χ1n) is 10.0. The number of carbonyl (C=O) groups excluding carboxylic acids is 2. The molecule has 1 atom stereocenters. The van der Waals surface area contributed by atoms with Gasteiger partial charge in [0.25, 0.3) is 0 Å². The number of fused-ring (bicyclic) bond motifs is 1. The van der Waals surface area contributed by atoms with Gasteiger partial charge in [0, 0.05) is 25.7 Å². The molecule has 1 unspecified atom stereocenters. The Morgan fingerprint density at radius 3 is 2.90 bits per heavy atom. The third-order valence-corrected chi connectivity index (χ3v) is 5.36. The Bertz CT molecular complexity index is 985. The predicted molar refractivity (Wildman–Crippen MR) is 112 cm³/mol. The highest BCUT2D eigenvalue weighted by molar-refractivity contribution is 5.88. The molecule has 150 valence electrons. The Balaban J connectivity index is 1.28. The van der Waals surface area contributed by atoms with E-state index in [9.17, 15) is 9.59 Å². The van der Waals surface area contributed by atoms with Crippen LogP contribution in [0.2, 0.25) is 0 Å². The summed E-state index contributed by atoms with van der Waals surface area (Å²) in [5, 5.41) is 3.76. The van der Waals surface area contributed by atoms with E-state index in [4.69, 9.17) is 0 Å². The van der Waals surface area contributed by atoms with Gasteiger partial charge in [0.2, 0.25) is 5.91 Å². The minimum atomic E-state index is -0.120. The number of nitrogens with one attached hydrogen (secondary N) is 2. The van der Waals surface area contributed by atoms with Crippen LogP contribution in [-0.4, -0.2) is 46.3 Å². The van der Waals surface area contributed by atoms with Gasteiger partial charge in [-0.05, 0) is 30.4 Å². The van der Waals surface area contributed by atoms with Gasteiger partial charge < -0.3 is 15.2 Å². The second-order valence-electron chi connectivity index (χ2n) is 7.57. The van der Waals surface area contributed by atoms with Crippen molar-refractivity contribution < 1.29 is 9.59 Å². The van der Waals surface area contributed by atoms with Crippen molar-refractivity contribution >= 4 is 28.5 Å². The molecule has 1 saturated heterocycles. The molecule has 1 aliphatic heterocycles. The van der Waals surface area contributed by atoms with Crippen molar-refractivity contribution in [1.29, 1.82) is 0 Å². The third kappa shape index (κ3) is 4.80. The molecular formula is C22H25N5O2. The number of H-pyrrole nitrogens is 1. The van der Waals surface area contributed by atoms with E-state index in [-0.39, 0.29) is 24.2 Å². The highest BCUT2D eigenvalue weighted by atomic mass is 16.2. The Labute approximate surface area is 169 Å². The van der Waals surface area contributed by atoms with Gasteiger partial charge in [-0.1, -0.05) is 30.3 Å². The normalized spacial score (nSPS) is 16.7. The van der Waals surface area contributed by atoms with Crippen LogP contribution >= 0.6 is 0 Å². The van der Waals surface area contributed by atoms with Gasteiger partial charge in [-0.25, -0.2) is 9.97 Å². The van der Waals surface area contributed by atoms with E-state index in [1.54, 1.807) is 6.33 Å². The SMILES string of the molecule is O=C(CNC(=O)Cc1ccccc1)CC1CCCN(c2ncnc3[nH]ccc23)C1. The largest absolute Gasteiger partial charge is 0.356 e. The second-order valence-corrected chi connectivity index (χ2v) is 7.57. The smallest absolute Gasteiger partial charge is 0.224 e. The number of aromatic amines is 1. The van der Waals surface area contributed by atoms with Crippen LogP contribution in [-0.2, 0) is 16.0 Å². The number of amides is 1. The van der Waals surface area contributed by atoms with Crippen LogP contribution < -0.4 is 10.2 Å². The number of carbonyl (C=O) groups is 2. The topological polar surface area (TPSA) is 91.0 Å². The predicted octanol–water partition coefficient (Wildman–Crippen LogP) is 2.49. The Morgan fingerprint density at radius 2 is 2.03 bits per heavy atom. The molecule has 2 N–H and O–H groups in total. The molecule has 0 aliphatic carbocycles. The van der Waals surface area contributed by atoms with Gasteiger partial charge in [0.1, 0.15) is 17.8 Å². The van der Waals surface area contributed by atoms with Crippen molar-refractivity contribution in [2.75, 3.05) is 24.5 Å². The highest BCUT2D eigenvalue weighted by Gasteiger charge is 2.24. The first-order chi connectivity index (χ1) is 14.2. The Morgan fingerprint density at radius 1 is 1.17 bits per heavy atom. The van der Waals surface area contributed by atoms with Crippen LogP contribution in [0.1, 0.15) is 24.8 Å². The van der Waals surface area contributed by atoms with Crippen LogP contribution in [0, 0.1) is 5.92 Å². The number of anilines is 1. The number of nitrogens with zero attached hydrogens (tertiary/aromatic N) is 3. The molecule has 3 aromatic rings. The molecule has 2 aromatic heterocycles. The minimum absolute atomic E-state index is 0.0766. The summed E-state index contributed by atoms with van der Waals surface area (Å²) in [5.74, 6) is 1.15. The first-order valence-corrected chi connectivity index (χ1v) is 10.0. The summed E-state index contributed by atoms with van der Waals surface area (Å²) in [7, 11) is 0. The van der Waals surface area contributed by atoms with E-state index >= 15 is 0 Å². The molecule has 0 spiro atoms. The number of rotatable bonds is 7. The summed E-state index contributed by atoms with van der Waals surface area (Å²) >= 11 is 0. The fourth-order valence-corrected chi connectivity index (χ4v) is 3.97. The number of benzene rings is 1. The maximum absolute atomic E-state index is 12.4. The first kappa shape index (κ1) is 19.1. The molecule has 1 aromatic carbocycles. The number of ketones is 1. The lowest BCUT2D eigenvalue weighted by Crippen LogP contribution is -2.38. The maximum atomic E-state index is 12.4. The van der Waals surface area contributed by atoms with E-state index in [2.05, 4.69) is 25.2 Å². The van der Waals surface area contributed by atoms with Crippen molar-refractivity contribution in [3.63, 3.8) is 0 Å². The van der Waals surface area contributed by atoms with Crippen LogP contribution in [0.25, 0.3) is 11.0 Å². The van der Waals surface area contributed by atoms with Crippen molar-refractivity contribution in [3.8, 4) is 0 Å². The quantitative estimate of drug-likeness (QED) is 0.646. The molecule has 1 amide bonds. The summed E-state index contributed by atoms with van der Waals surface area (Å²) in [4.78, 5) is 38.5. The lowest BCUT2D eigenvalue weighted by atomic mass is 9.92. The summed E-state index contributed by atoms with van der Waals surface area (Å²) in [6.07, 6.45) is 6.25. The number of Topliss-reactive ketones (excluding diaryl/α,β-unsaturated/α-hetero) is 1. The zero-order valence-corrected chi connectivity index (χ0v) is 16.3. The molecule has 1 aliphatic rings. The minimum Gasteiger partial charge on any atom is -0.356 e. The fourth-order valence-electron chi connectivity index (χ4n) is 3.97. The fraction of sp³-hybridized carbons (Fsp3) is 0.364. The lowest BCUT2D eigenvalue weighted by Gasteiger charge is -2.33. The van der Waals surface area contributed by atoms with Crippen LogP contribution in [0.3, 0.4) is 0 Å². The Hall–Kier alpha value is -3.22. The maximum Gasteiger partial charge on any atom is 0.224 e. The highest BCUT2D eigenvalue weighted by Crippen LogP contribution is 2.28. The van der Waals surface area contributed by atoms with Crippen LogP contribution in [0.5, 0.6) is 0 Å². The average molecular weight is 391 g/mol. The Kier molecular flexibility index (Phi) is 5.84. The zero-order chi connectivity index (χ0) is 20.1. The molecule has 0 bridgehead atoms. The molecule has 0 saturated carbocycles. The summed E-state index contributed by atoms with van der Waals surface area (Å²) in [6, 6.07) is 11.5. The van der Waals surface area contributed by atoms with Crippen LogP contribution in [0.4, 0.5) is 5.82 Å². The van der Waals surface area contributed by atoms with Gasteiger partial charge in [0.15, 0.2) is 5.78 Å². The molecule has 7 heteroatoms. The summed E-state index contributed by atoms with van der Waals surface area (Å²) in [6.45, 7) is 1.81. The van der Waals surface area contributed by atoms with Gasteiger partial charge in [-0.3, -0.25) is 9.59 Å². The lowest BCUT2D eigenvalue weighted by molar-refractivity contribution is -0.125. The molecule has 7 nitrogen and oxygen atoms in total. The van der Waals surface area contributed by atoms with Gasteiger partial charge >= 0.3 is 0 Å². The zero-order valence-electron chi connectivity index (χ0n) is 16.3. The summed E-state index contributed by atoms with van der Waals surface area (Å²) < 4.78 is 0. The molecule has 0 radical (unpaired) electrons. The van der Waals surface area contributed by atoms with Crippen molar-refractivity contribution in [1.82, 2.24) is 20.3 Å². The van der Waals surface area contributed by atoms with Crippen molar-refractivity contribution in [2.24, 2.45) is 5.92 Å². The van der Waals surface area contributed by atoms with Crippen molar-refractivity contribution in [2.45, 2.75) is 25.7 Å². The number of hydrogen-bond donors (Lipinski definition) is 2. The molecule has 1 fully saturated rings. The number of piperidine rings is 1. The monoisotopic (exact) mass is 391 g/mol. The van der Waals surface area contributed by atoms with E-state index < -0.39 is 0 Å². The number of aromatic nitrogens is 3. The average Bonchev–Trinajstić information content (AvgIpc) is 3.22. The molecule has 4 rings (SSSR count). The van der Waals surface area contributed by atoms with E-state index in [1.165, 1.54) is 0 Å². The molecular weight excluding hydrogens is 366 g/mol.